The first-order valence-corrected chi connectivity index (χ1v) is 4.42. The maximum Gasteiger partial charge on any atom is 0.361 e. The Bertz CT molecular complexity index is 393. The number of nitrogens with zero attached hydrogens (tertiary/aromatic N) is 4. The van der Waals surface area contributed by atoms with E-state index in [2.05, 4.69) is 20.7 Å². The summed E-state index contributed by atoms with van der Waals surface area (Å²) in [7, 11) is 1.49. The number of rotatable bonds is 2. The molecule has 2 rings (SSSR count). The monoisotopic (exact) mass is 197 g/mol. The lowest BCUT2D eigenvalue weighted by atomic mass is 10.2. The number of aromatic nitrogens is 4. The van der Waals surface area contributed by atoms with Crippen molar-refractivity contribution in [3.8, 4) is 0 Å². The van der Waals surface area contributed by atoms with E-state index in [0.717, 1.165) is 25.0 Å². The Labute approximate surface area is 79.7 Å². The molecule has 1 atom stereocenters. The molecular formula is C7H11N5O2. The second-order valence-corrected chi connectivity index (χ2v) is 3.12. The van der Waals surface area contributed by atoms with Crippen molar-refractivity contribution in [1.29, 1.82) is 0 Å². The molecule has 0 spiro atoms. The molecule has 0 amide bonds. The molecule has 1 fully saturated rings. The minimum absolute atomic E-state index is 0.0961. The van der Waals surface area contributed by atoms with Crippen LogP contribution in [0.25, 0.3) is 0 Å². The standard InChI is InChI=1S/C7H11N5O2/c1-14-9-5-3-2-4-6(5)12-7(13)8-10-11-12/h6H,2-4H2,1H3,(H,8,11,13). The number of oxime groups is 1. The zero-order chi connectivity index (χ0) is 9.97. The normalized spacial score (nSPS) is 24.4. The van der Waals surface area contributed by atoms with Crippen molar-refractivity contribution in [2.75, 3.05) is 7.11 Å². The van der Waals surface area contributed by atoms with Crippen LogP contribution < -0.4 is 5.69 Å². The number of nitrogens with one attached hydrogen (secondary N) is 1. The molecule has 0 aromatic carbocycles. The fourth-order valence-corrected chi connectivity index (χ4v) is 1.71. The molecule has 1 N–H and O–H groups in total. The van der Waals surface area contributed by atoms with Crippen molar-refractivity contribution in [2.45, 2.75) is 25.3 Å². The van der Waals surface area contributed by atoms with Gasteiger partial charge in [-0.2, -0.15) is 4.68 Å². The summed E-state index contributed by atoms with van der Waals surface area (Å²) < 4.78 is 1.31. The Kier molecular flexibility index (Phi) is 2.30. The van der Waals surface area contributed by atoms with Gasteiger partial charge in [0.1, 0.15) is 13.2 Å². The van der Waals surface area contributed by atoms with Crippen LogP contribution in [0.5, 0.6) is 0 Å². The summed E-state index contributed by atoms with van der Waals surface area (Å²) in [5.41, 5.74) is 0.546. The first-order valence-electron chi connectivity index (χ1n) is 4.42. The third kappa shape index (κ3) is 1.40. The molecule has 14 heavy (non-hydrogen) atoms. The molecule has 1 aromatic heterocycles. The summed E-state index contributed by atoms with van der Waals surface area (Å²) in [5, 5.41) is 13.3. The van der Waals surface area contributed by atoms with E-state index in [0.29, 0.717) is 0 Å². The van der Waals surface area contributed by atoms with E-state index in [1.807, 2.05) is 0 Å². The fourth-order valence-electron chi connectivity index (χ4n) is 1.71. The van der Waals surface area contributed by atoms with Crippen molar-refractivity contribution >= 4 is 5.71 Å². The lowest BCUT2D eigenvalue weighted by molar-refractivity contribution is 0.210. The Hall–Kier alpha value is -1.66. The second kappa shape index (κ2) is 3.60. The number of tetrazole rings is 1. The molecule has 1 saturated carbocycles. The van der Waals surface area contributed by atoms with Crippen LogP contribution in [0.15, 0.2) is 9.95 Å². The number of hydrogen-bond donors (Lipinski definition) is 1. The number of aromatic amines is 1. The van der Waals surface area contributed by atoms with Gasteiger partial charge >= 0.3 is 5.69 Å². The first-order chi connectivity index (χ1) is 6.83. The van der Waals surface area contributed by atoms with E-state index in [4.69, 9.17) is 4.84 Å². The van der Waals surface area contributed by atoms with Crippen molar-refractivity contribution in [3.05, 3.63) is 10.5 Å². The van der Waals surface area contributed by atoms with E-state index < -0.39 is 0 Å². The summed E-state index contributed by atoms with van der Waals surface area (Å²) >= 11 is 0. The van der Waals surface area contributed by atoms with Gasteiger partial charge in [0.2, 0.25) is 0 Å². The van der Waals surface area contributed by atoms with Gasteiger partial charge < -0.3 is 4.84 Å². The summed E-state index contributed by atoms with van der Waals surface area (Å²) in [4.78, 5) is 16.0. The average Bonchev–Trinajstić information content (AvgIpc) is 2.74. The molecule has 1 aromatic rings. The van der Waals surface area contributed by atoms with Crippen LogP contribution in [-0.2, 0) is 4.84 Å². The van der Waals surface area contributed by atoms with Crippen LogP contribution in [0.3, 0.4) is 0 Å². The zero-order valence-corrected chi connectivity index (χ0v) is 7.80. The van der Waals surface area contributed by atoms with Crippen molar-refractivity contribution in [1.82, 2.24) is 20.2 Å². The summed E-state index contributed by atoms with van der Waals surface area (Å²) in [5.74, 6) is 0. The average molecular weight is 197 g/mol. The summed E-state index contributed by atoms with van der Waals surface area (Å²) in [6.07, 6.45) is 2.69. The molecule has 0 aliphatic heterocycles. The third-order valence-electron chi connectivity index (χ3n) is 2.29. The molecular weight excluding hydrogens is 186 g/mol. The molecule has 1 unspecified atom stereocenters. The van der Waals surface area contributed by atoms with Crippen LogP contribution in [0.1, 0.15) is 25.3 Å². The first kappa shape index (κ1) is 8.92. The molecule has 0 bridgehead atoms. The lowest BCUT2D eigenvalue weighted by Gasteiger charge is -2.07. The zero-order valence-electron chi connectivity index (χ0n) is 7.80. The highest BCUT2D eigenvalue weighted by molar-refractivity contribution is 5.89. The topological polar surface area (TPSA) is 85.2 Å². The molecule has 0 radical (unpaired) electrons. The second-order valence-electron chi connectivity index (χ2n) is 3.12. The van der Waals surface area contributed by atoms with Gasteiger partial charge in [0.25, 0.3) is 0 Å². The van der Waals surface area contributed by atoms with Gasteiger partial charge in [-0.05, 0) is 29.7 Å². The van der Waals surface area contributed by atoms with Gasteiger partial charge in [0, 0.05) is 0 Å². The van der Waals surface area contributed by atoms with Crippen molar-refractivity contribution < 1.29 is 4.84 Å². The van der Waals surface area contributed by atoms with Gasteiger partial charge in [0.05, 0.1) is 5.71 Å². The minimum atomic E-state index is -0.305. The molecule has 0 saturated heterocycles. The van der Waals surface area contributed by atoms with Gasteiger partial charge in [-0.15, -0.1) is 0 Å². The predicted octanol–water partition coefficient (Wildman–Crippen LogP) is -0.306. The Morgan fingerprint density at radius 1 is 1.71 bits per heavy atom. The molecule has 1 heterocycles. The van der Waals surface area contributed by atoms with Crippen LogP contribution in [0.2, 0.25) is 0 Å². The number of hydrogen-bond acceptors (Lipinski definition) is 5. The Balaban J connectivity index is 2.31. The largest absolute Gasteiger partial charge is 0.399 e. The molecule has 7 heteroatoms. The minimum Gasteiger partial charge on any atom is -0.399 e. The third-order valence-corrected chi connectivity index (χ3v) is 2.29. The highest BCUT2D eigenvalue weighted by atomic mass is 16.6. The molecule has 1 aliphatic carbocycles. The van der Waals surface area contributed by atoms with E-state index in [-0.39, 0.29) is 11.7 Å². The quantitative estimate of drug-likeness (QED) is 0.659. The molecule has 7 nitrogen and oxygen atoms in total. The SMILES string of the molecule is CON=C1CCCC1n1nn[nH]c1=O. The lowest BCUT2D eigenvalue weighted by Crippen LogP contribution is -2.26. The van der Waals surface area contributed by atoms with Crippen LogP contribution in [0.4, 0.5) is 0 Å². The maximum absolute atomic E-state index is 11.2. The highest BCUT2D eigenvalue weighted by Gasteiger charge is 2.27. The fraction of sp³-hybridized carbons (Fsp3) is 0.714. The van der Waals surface area contributed by atoms with Gasteiger partial charge in [0.15, 0.2) is 0 Å². The van der Waals surface area contributed by atoms with Crippen LogP contribution >= 0.6 is 0 Å². The molecule has 76 valence electrons. The van der Waals surface area contributed by atoms with Crippen molar-refractivity contribution in [2.24, 2.45) is 5.16 Å². The smallest absolute Gasteiger partial charge is 0.361 e. The summed E-state index contributed by atoms with van der Waals surface area (Å²) in [6, 6.07) is -0.0961. The number of H-pyrrole nitrogens is 1. The van der Waals surface area contributed by atoms with Gasteiger partial charge in [-0.25, -0.2) is 9.89 Å². The van der Waals surface area contributed by atoms with E-state index in [9.17, 15) is 4.79 Å². The van der Waals surface area contributed by atoms with Crippen LogP contribution in [-0.4, -0.2) is 33.0 Å². The Morgan fingerprint density at radius 2 is 2.57 bits per heavy atom. The van der Waals surface area contributed by atoms with E-state index >= 15 is 0 Å². The van der Waals surface area contributed by atoms with E-state index in [1.165, 1.54) is 11.8 Å². The maximum atomic E-state index is 11.2. The predicted molar refractivity (Wildman–Crippen MR) is 48.0 cm³/mol. The molecule has 1 aliphatic rings. The van der Waals surface area contributed by atoms with Crippen LogP contribution in [0, 0.1) is 0 Å². The van der Waals surface area contributed by atoms with Gasteiger partial charge in [-0.1, -0.05) is 5.16 Å². The highest BCUT2D eigenvalue weighted by Crippen LogP contribution is 2.25. The van der Waals surface area contributed by atoms with Gasteiger partial charge in [-0.3, -0.25) is 0 Å². The van der Waals surface area contributed by atoms with Crippen molar-refractivity contribution in [3.63, 3.8) is 0 Å². The summed E-state index contributed by atoms with van der Waals surface area (Å²) in [6.45, 7) is 0. The Morgan fingerprint density at radius 3 is 3.21 bits per heavy atom. The van der Waals surface area contributed by atoms with E-state index in [1.54, 1.807) is 0 Å².